The van der Waals surface area contributed by atoms with Gasteiger partial charge in [0.1, 0.15) is 11.6 Å². The van der Waals surface area contributed by atoms with Crippen molar-refractivity contribution in [2.75, 3.05) is 62.5 Å². The van der Waals surface area contributed by atoms with Crippen LogP contribution < -0.4 is 30.7 Å². The van der Waals surface area contributed by atoms with E-state index in [1.54, 1.807) is 66.6 Å². The molecule has 1 fully saturated rings. The van der Waals surface area contributed by atoms with Crippen molar-refractivity contribution in [3.8, 4) is 35.5 Å². The van der Waals surface area contributed by atoms with Gasteiger partial charge in [-0.05, 0) is 36.4 Å². The summed E-state index contributed by atoms with van der Waals surface area (Å²) in [5.74, 6) is 4.34. The minimum atomic E-state index is -0.462. The fourth-order valence-corrected chi connectivity index (χ4v) is 6.26. The fourth-order valence-electron chi connectivity index (χ4n) is 6.26. The molecule has 1 saturated heterocycles. The standard InChI is InChI=1S/C43H44N10O5/c1-6-28-23-29(40(54)44-17-18-52-19-21-57-22-20-52)25-30(24-28)47-41-45-16-15-39(50-41)58-35-13-12-34(32-9-7-8-10-33(32)35)48-42(55)49-37-26-36(43(2,3)4)51-53(37)31-11-14-38(56-5)46-27-31/h1,7-16,23-27H,17-22H2,2-5H3,(H,44,54)(H,45,47,50)(H2,48,49,55). The number of terminal acetylenes is 1. The van der Waals surface area contributed by atoms with Gasteiger partial charge in [-0.15, -0.1) is 6.42 Å². The summed E-state index contributed by atoms with van der Waals surface area (Å²) in [6.07, 6.45) is 8.94. The Bertz CT molecular complexity index is 2470. The van der Waals surface area contributed by atoms with Crippen molar-refractivity contribution in [2.45, 2.75) is 26.2 Å². The van der Waals surface area contributed by atoms with Crippen LogP contribution in [0.2, 0.25) is 0 Å². The molecule has 0 radical (unpaired) electrons. The Morgan fingerprint density at radius 1 is 0.931 bits per heavy atom. The molecule has 3 aromatic carbocycles. The van der Waals surface area contributed by atoms with Gasteiger partial charge in [0, 0.05) is 83.6 Å². The lowest BCUT2D eigenvalue weighted by atomic mass is 9.92. The molecule has 0 saturated carbocycles. The number of benzene rings is 3. The van der Waals surface area contributed by atoms with Gasteiger partial charge < -0.3 is 30.2 Å². The first-order valence-electron chi connectivity index (χ1n) is 18.7. The van der Waals surface area contributed by atoms with E-state index in [-0.39, 0.29) is 23.2 Å². The average Bonchev–Trinajstić information content (AvgIpc) is 3.66. The summed E-state index contributed by atoms with van der Waals surface area (Å²) < 4.78 is 18.5. The molecule has 0 aliphatic carbocycles. The molecule has 3 amide bonds. The summed E-state index contributed by atoms with van der Waals surface area (Å²) in [7, 11) is 1.55. The maximum Gasteiger partial charge on any atom is 0.324 e. The van der Waals surface area contributed by atoms with E-state index < -0.39 is 6.03 Å². The molecule has 3 aromatic heterocycles. The number of morpholine rings is 1. The predicted molar refractivity (Wildman–Crippen MR) is 223 cm³/mol. The van der Waals surface area contributed by atoms with Gasteiger partial charge in [0.25, 0.3) is 5.91 Å². The molecule has 6 aromatic rings. The van der Waals surface area contributed by atoms with Gasteiger partial charge in [-0.25, -0.2) is 19.4 Å². The number of pyridine rings is 1. The first-order valence-corrected chi connectivity index (χ1v) is 18.7. The lowest BCUT2D eigenvalue weighted by Crippen LogP contribution is -2.41. The quantitative estimate of drug-likeness (QED) is 0.0971. The van der Waals surface area contributed by atoms with Gasteiger partial charge in [-0.2, -0.15) is 10.1 Å². The van der Waals surface area contributed by atoms with E-state index >= 15 is 0 Å². The summed E-state index contributed by atoms with van der Waals surface area (Å²) in [6, 6.07) is 22.8. The largest absolute Gasteiger partial charge is 0.481 e. The maximum absolute atomic E-state index is 13.5. The highest BCUT2D eigenvalue weighted by Crippen LogP contribution is 2.35. The number of carbonyl (C=O) groups is 2. The number of ether oxygens (including phenoxy) is 3. The van der Waals surface area contributed by atoms with Crippen molar-refractivity contribution in [2.24, 2.45) is 0 Å². The molecule has 1 aliphatic heterocycles. The Morgan fingerprint density at radius 2 is 1.74 bits per heavy atom. The summed E-state index contributed by atoms with van der Waals surface area (Å²) in [6.45, 7) is 10.5. The highest BCUT2D eigenvalue weighted by atomic mass is 16.5. The summed E-state index contributed by atoms with van der Waals surface area (Å²) in [5, 5.41) is 18.3. The Morgan fingerprint density at radius 3 is 2.48 bits per heavy atom. The minimum Gasteiger partial charge on any atom is -0.481 e. The third-order valence-corrected chi connectivity index (χ3v) is 9.31. The summed E-state index contributed by atoms with van der Waals surface area (Å²) in [5.41, 5.74) is 3.22. The van der Waals surface area contributed by atoms with Crippen LogP contribution in [0.4, 0.5) is 27.9 Å². The van der Waals surface area contributed by atoms with Crippen molar-refractivity contribution in [3.63, 3.8) is 0 Å². The molecule has 0 spiro atoms. The Hall–Kier alpha value is -7.02. The van der Waals surface area contributed by atoms with Gasteiger partial charge in [0.05, 0.1) is 43.6 Å². The number of methoxy groups -OCH3 is 1. The van der Waals surface area contributed by atoms with Crippen LogP contribution >= 0.6 is 0 Å². The molecule has 0 atom stereocenters. The fraction of sp³-hybridized carbons (Fsp3) is 0.256. The van der Waals surface area contributed by atoms with Gasteiger partial charge in [-0.3, -0.25) is 15.0 Å². The van der Waals surface area contributed by atoms with Crippen LogP contribution in [0.5, 0.6) is 17.5 Å². The number of urea groups is 1. The highest BCUT2D eigenvalue weighted by molar-refractivity contribution is 6.07. The van der Waals surface area contributed by atoms with Crippen molar-refractivity contribution in [1.82, 2.24) is 34.9 Å². The van der Waals surface area contributed by atoms with Crippen molar-refractivity contribution in [1.29, 1.82) is 0 Å². The van der Waals surface area contributed by atoms with E-state index in [9.17, 15) is 9.59 Å². The number of hydrogen-bond donors (Lipinski definition) is 4. The monoisotopic (exact) mass is 780 g/mol. The molecule has 4 N–H and O–H groups in total. The molecule has 0 unspecified atom stereocenters. The van der Waals surface area contributed by atoms with Crippen molar-refractivity contribution >= 4 is 45.9 Å². The van der Waals surface area contributed by atoms with Gasteiger partial charge in [0.2, 0.25) is 17.7 Å². The van der Waals surface area contributed by atoms with Gasteiger partial charge >= 0.3 is 6.03 Å². The first-order chi connectivity index (χ1) is 28.1. The molecular weight excluding hydrogens is 737 g/mol. The van der Waals surface area contributed by atoms with Crippen LogP contribution in [-0.2, 0) is 10.2 Å². The zero-order valence-electron chi connectivity index (χ0n) is 32.7. The van der Waals surface area contributed by atoms with E-state index in [0.29, 0.717) is 65.4 Å². The number of anilines is 4. The van der Waals surface area contributed by atoms with Crippen LogP contribution in [0, 0.1) is 12.3 Å². The molecule has 7 rings (SSSR count). The SMILES string of the molecule is C#Cc1cc(Nc2nccc(Oc3ccc(NC(=O)Nc4cc(C(C)(C)C)nn4-c4ccc(OC)nc4)c4ccccc34)n2)cc(C(=O)NCCN2CCOCC2)c1. The van der Waals surface area contributed by atoms with Crippen LogP contribution in [0.1, 0.15) is 42.4 Å². The average molecular weight is 781 g/mol. The molecule has 4 heterocycles. The topological polar surface area (TPSA) is 170 Å². The second kappa shape index (κ2) is 17.4. The molecular formula is C43H44N10O5. The van der Waals surface area contributed by atoms with Crippen LogP contribution in [0.3, 0.4) is 0 Å². The molecule has 15 heteroatoms. The van der Waals surface area contributed by atoms with Crippen LogP contribution in [0.25, 0.3) is 16.5 Å². The third-order valence-electron chi connectivity index (χ3n) is 9.31. The molecule has 58 heavy (non-hydrogen) atoms. The number of carbonyl (C=O) groups excluding carboxylic acids is 2. The van der Waals surface area contributed by atoms with Crippen molar-refractivity contribution in [3.05, 3.63) is 108 Å². The number of nitrogens with one attached hydrogen (secondary N) is 4. The third kappa shape index (κ3) is 9.49. The van der Waals surface area contributed by atoms with Crippen LogP contribution in [-0.4, -0.2) is 88.1 Å². The number of aromatic nitrogens is 5. The molecule has 0 bridgehead atoms. The predicted octanol–water partition coefficient (Wildman–Crippen LogP) is 6.74. The Balaban J connectivity index is 1.05. The number of rotatable bonds is 12. The zero-order chi connectivity index (χ0) is 40.6. The van der Waals surface area contributed by atoms with Gasteiger partial charge in [-0.1, -0.05) is 51.0 Å². The maximum atomic E-state index is 13.5. The number of nitrogens with zero attached hydrogens (tertiary/aromatic N) is 6. The molecule has 15 nitrogen and oxygen atoms in total. The van der Waals surface area contributed by atoms with E-state index in [1.165, 1.54) is 0 Å². The summed E-state index contributed by atoms with van der Waals surface area (Å²) in [4.78, 5) is 42.1. The lowest BCUT2D eigenvalue weighted by Gasteiger charge is -2.26. The second-order valence-electron chi connectivity index (χ2n) is 14.5. The number of amides is 3. The van der Waals surface area contributed by atoms with E-state index in [1.807, 2.05) is 36.4 Å². The number of hydrogen-bond acceptors (Lipinski definition) is 11. The smallest absolute Gasteiger partial charge is 0.324 e. The normalized spacial score (nSPS) is 13.0. The van der Waals surface area contributed by atoms with Gasteiger partial charge in [0.15, 0.2) is 0 Å². The van der Waals surface area contributed by atoms with E-state index in [2.05, 4.69) is 67.8 Å². The first kappa shape index (κ1) is 39.2. The lowest BCUT2D eigenvalue weighted by molar-refractivity contribution is 0.0383. The summed E-state index contributed by atoms with van der Waals surface area (Å²) >= 11 is 0. The minimum absolute atomic E-state index is 0.235. The Labute approximate surface area is 336 Å². The van der Waals surface area contributed by atoms with Crippen molar-refractivity contribution < 1.29 is 23.8 Å². The van der Waals surface area contributed by atoms with Crippen LogP contribution in [0.15, 0.2) is 91.3 Å². The highest BCUT2D eigenvalue weighted by Gasteiger charge is 2.22. The Kier molecular flexibility index (Phi) is 11.8. The van der Waals surface area contributed by atoms with E-state index in [4.69, 9.17) is 25.7 Å². The zero-order valence-corrected chi connectivity index (χ0v) is 32.7. The van der Waals surface area contributed by atoms with E-state index in [0.717, 1.165) is 36.1 Å². The number of fused-ring (bicyclic) bond motifs is 1. The molecule has 1 aliphatic rings. The molecule has 296 valence electrons. The second-order valence-corrected chi connectivity index (χ2v) is 14.5.